The van der Waals surface area contributed by atoms with Crippen molar-refractivity contribution >= 4 is 11.9 Å². The number of nitrogens with zero attached hydrogens (tertiary/aromatic N) is 4. The highest BCUT2D eigenvalue weighted by molar-refractivity contribution is 5.97. The van der Waals surface area contributed by atoms with Gasteiger partial charge in [-0.15, -0.1) is 0 Å². The summed E-state index contributed by atoms with van der Waals surface area (Å²) in [5.41, 5.74) is 2.57. The first-order valence-electron chi connectivity index (χ1n) is 11.9. The van der Waals surface area contributed by atoms with Gasteiger partial charge in [-0.25, -0.2) is 4.98 Å². The maximum absolute atomic E-state index is 6.14. The molecule has 0 spiro atoms. The second kappa shape index (κ2) is 10.4. The van der Waals surface area contributed by atoms with Gasteiger partial charge in [0, 0.05) is 32.4 Å². The summed E-state index contributed by atoms with van der Waals surface area (Å²) in [6.45, 7) is 5.75. The Kier molecular flexibility index (Phi) is 7.38. The lowest BCUT2D eigenvalue weighted by molar-refractivity contribution is -0.134. The van der Waals surface area contributed by atoms with E-state index < -0.39 is 5.72 Å². The van der Waals surface area contributed by atoms with Gasteiger partial charge in [0.05, 0.1) is 24.8 Å². The Morgan fingerprint density at radius 3 is 2.70 bits per heavy atom. The van der Waals surface area contributed by atoms with Gasteiger partial charge in [-0.2, -0.15) is 0 Å². The van der Waals surface area contributed by atoms with E-state index in [0.29, 0.717) is 5.92 Å². The molecule has 1 fully saturated rings. The number of benzene rings is 1. The summed E-state index contributed by atoms with van der Waals surface area (Å²) in [5.74, 6) is 2.15. The smallest absolute Gasteiger partial charge is 0.211 e. The maximum Gasteiger partial charge on any atom is 0.211 e. The predicted octanol–water partition coefficient (Wildman–Crippen LogP) is 5.18. The van der Waals surface area contributed by atoms with Crippen LogP contribution >= 0.6 is 0 Å². The van der Waals surface area contributed by atoms with Gasteiger partial charge >= 0.3 is 0 Å². The monoisotopic (exact) mass is 452 g/mol. The zero-order valence-electron chi connectivity index (χ0n) is 20.3. The molecule has 0 amide bonds. The van der Waals surface area contributed by atoms with E-state index in [0.717, 1.165) is 48.1 Å². The molecule has 0 radical (unpaired) electrons. The molecule has 1 atom stereocenters. The fourth-order valence-electron chi connectivity index (χ4n) is 4.96. The third-order valence-electron chi connectivity index (χ3n) is 6.85. The van der Waals surface area contributed by atoms with Gasteiger partial charge in [-0.3, -0.25) is 0 Å². The van der Waals surface area contributed by atoms with Gasteiger partial charge in [0.25, 0.3) is 0 Å². The number of imidazole rings is 1. The van der Waals surface area contributed by atoms with Crippen LogP contribution in [0.5, 0.6) is 5.75 Å². The first-order chi connectivity index (χ1) is 16.0. The number of hydrogen-bond donors (Lipinski definition) is 0. The molecule has 1 aliphatic heterocycles. The van der Waals surface area contributed by atoms with Crippen molar-refractivity contribution in [2.75, 3.05) is 27.4 Å². The first-order valence-corrected chi connectivity index (χ1v) is 11.9. The van der Waals surface area contributed by atoms with Crippen molar-refractivity contribution in [2.24, 2.45) is 11.1 Å². The summed E-state index contributed by atoms with van der Waals surface area (Å²) in [4.78, 5) is 12.8. The lowest BCUT2D eigenvalue weighted by atomic mass is 9.81. The molecular weight excluding hydrogens is 416 g/mol. The zero-order valence-corrected chi connectivity index (χ0v) is 20.3. The van der Waals surface area contributed by atoms with E-state index in [2.05, 4.69) is 46.2 Å². The summed E-state index contributed by atoms with van der Waals surface area (Å²) in [7, 11) is 3.44. The number of methoxy groups -OCH3 is 2. The Hall–Kier alpha value is -2.80. The first kappa shape index (κ1) is 23.4. The molecule has 33 heavy (non-hydrogen) atoms. The summed E-state index contributed by atoms with van der Waals surface area (Å²) in [6, 6.07) is 6.16. The minimum absolute atomic E-state index is 0.394. The highest BCUT2D eigenvalue weighted by Gasteiger charge is 2.47. The standard InChI is InChI=1S/C26H36N4O3/c1-20-18-29(19-27-20)23-13-11-21(17-24(23)32-4)12-14-25-28-33-26(2,22-9-6-5-7-10-22)30(25)15-8-16-31-3/h11-14,17-19,22H,5-10,15-16H2,1-4H3/b14-12+. The van der Waals surface area contributed by atoms with E-state index in [-0.39, 0.29) is 0 Å². The van der Waals surface area contributed by atoms with Crippen molar-refractivity contribution in [3.63, 3.8) is 0 Å². The maximum atomic E-state index is 6.14. The largest absolute Gasteiger partial charge is 0.495 e. The van der Waals surface area contributed by atoms with Gasteiger partial charge < -0.3 is 23.8 Å². The second-order valence-corrected chi connectivity index (χ2v) is 9.12. The van der Waals surface area contributed by atoms with Crippen LogP contribution in [-0.4, -0.2) is 53.4 Å². The summed E-state index contributed by atoms with van der Waals surface area (Å²) in [6.07, 6.45) is 15.1. The molecule has 1 aliphatic carbocycles. The third-order valence-corrected chi connectivity index (χ3v) is 6.85. The molecule has 0 saturated heterocycles. The lowest BCUT2D eigenvalue weighted by Crippen LogP contribution is -2.52. The Labute approximate surface area is 197 Å². The molecular formula is C26H36N4O3. The van der Waals surface area contributed by atoms with Gasteiger partial charge in [0.1, 0.15) is 5.75 Å². The molecule has 1 aromatic carbocycles. The molecule has 7 nitrogen and oxygen atoms in total. The minimum Gasteiger partial charge on any atom is -0.495 e. The Morgan fingerprint density at radius 1 is 1.18 bits per heavy atom. The van der Waals surface area contributed by atoms with Crippen LogP contribution in [0.1, 0.15) is 56.7 Å². The van der Waals surface area contributed by atoms with Gasteiger partial charge in [0.2, 0.25) is 5.72 Å². The fraction of sp³-hybridized carbons (Fsp3) is 0.538. The molecule has 1 saturated carbocycles. The highest BCUT2D eigenvalue weighted by atomic mass is 16.7. The normalized spacial score (nSPS) is 21.5. The molecule has 2 aliphatic rings. The van der Waals surface area contributed by atoms with E-state index in [1.54, 1.807) is 20.5 Å². The molecule has 2 aromatic rings. The van der Waals surface area contributed by atoms with Crippen molar-refractivity contribution in [1.82, 2.24) is 14.5 Å². The second-order valence-electron chi connectivity index (χ2n) is 9.12. The van der Waals surface area contributed by atoms with E-state index in [1.165, 1.54) is 32.1 Å². The van der Waals surface area contributed by atoms with Crippen LogP contribution in [0.2, 0.25) is 0 Å². The van der Waals surface area contributed by atoms with Gasteiger partial charge in [0.15, 0.2) is 5.84 Å². The number of aromatic nitrogens is 2. The molecule has 1 aromatic heterocycles. The topological polar surface area (TPSA) is 61.1 Å². The third kappa shape index (κ3) is 5.08. The number of ether oxygens (including phenoxy) is 2. The predicted molar refractivity (Wildman–Crippen MR) is 131 cm³/mol. The number of aryl methyl sites for hydroxylation is 1. The lowest BCUT2D eigenvalue weighted by Gasteiger charge is -2.41. The van der Waals surface area contributed by atoms with Crippen molar-refractivity contribution in [3.8, 4) is 11.4 Å². The summed E-state index contributed by atoms with van der Waals surface area (Å²) >= 11 is 0. The Morgan fingerprint density at radius 2 is 2.00 bits per heavy atom. The quantitative estimate of drug-likeness (QED) is 0.491. The molecule has 1 unspecified atom stereocenters. The van der Waals surface area contributed by atoms with E-state index >= 15 is 0 Å². The average Bonchev–Trinajstić information content (AvgIpc) is 3.42. The van der Waals surface area contributed by atoms with Crippen LogP contribution in [0.15, 0.2) is 42.0 Å². The summed E-state index contributed by atoms with van der Waals surface area (Å²) < 4.78 is 12.9. The number of hydrogen-bond acceptors (Lipinski definition) is 6. The zero-order chi connectivity index (χ0) is 23.3. The SMILES string of the molecule is COCCCN1C(/C=C/c2ccc(-n3cnc(C)c3)c(OC)c2)=NOC1(C)C1CCCCC1. The molecule has 4 rings (SSSR count). The van der Waals surface area contributed by atoms with Crippen LogP contribution in [0, 0.1) is 12.8 Å². The summed E-state index contributed by atoms with van der Waals surface area (Å²) in [5, 5.41) is 4.52. The van der Waals surface area contributed by atoms with Crippen molar-refractivity contribution in [3.05, 3.63) is 48.1 Å². The van der Waals surface area contributed by atoms with E-state index in [4.69, 9.17) is 14.3 Å². The van der Waals surface area contributed by atoms with Gasteiger partial charge in [-0.05, 0) is 56.9 Å². The van der Waals surface area contributed by atoms with Crippen LogP contribution in [-0.2, 0) is 9.57 Å². The number of oxime groups is 1. The number of rotatable bonds is 9. The van der Waals surface area contributed by atoms with E-state index in [9.17, 15) is 0 Å². The van der Waals surface area contributed by atoms with E-state index in [1.807, 2.05) is 23.8 Å². The molecule has 0 N–H and O–H groups in total. The number of amidine groups is 1. The Balaban J connectivity index is 1.54. The van der Waals surface area contributed by atoms with Crippen molar-refractivity contribution in [2.45, 2.75) is 58.1 Å². The molecule has 7 heteroatoms. The molecule has 178 valence electrons. The fourth-order valence-corrected chi connectivity index (χ4v) is 4.96. The van der Waals surface area contributed by atoms with Crippen molar-refractivity contribution in [1.29, 1.82) is 0 Å². The van der Waals surface area contributed by atoms with Crippen LogP contribution in [0.3, 0.4) is 0 Å². The van der Waals surface area contributed by atoms with Gasteiger partial charge in [-0.1, -0.05) is 36.6 Å². The average molecular weight is 453 g/mol. The Bertz CT molecular complexity index is 993. The molecule has 0 bridgehead atoms. The van der Waals surface area contributed by atoms with Crippen LogP contribution < -0.4 is 4.74 Å². The van der Waals surface area contributed by atoms with Crippen LogP contribution in [0.4, 0.5) is 0 Å². The van der Waals surface area contributed by atoms with Crippen LogP contribution in [0.25, 0.3) is 11.8 Å². The van der Waals surface area contributed by atoms with Crippen molar-refractivity contribution < 1.29 is 14.3 Å². The minimum atomic E-state index is -0.394. The molecule has 2 heterocycles. The highest BCUT2D eigenvalue weighted by Crippen LogP contribution is 2.40.